The summed E-state index contributed by atoms with van der Waals surface area (Å²) >= 11 is 5.83. The fraction of sp³-hybridized carbons (Fsp3) is 0.235. The lowest BCUT2D eigenvalue weighted by Crippen LogP contribution is -2.26. The first-order valence-corrected chi connectivity index (χ1v) is 7.90. The van der Waals surface area contributed by atoms with Crippen molar-refractivity contribution < 1.29 is 4.79 Å². The fourth-order valence-electron chi connectivity index (χ4n) is 2.13. The normalized spacial score (nSPS) is 10.3. The summed E-state index contributed by atoms with van der Waals surface area (Å²) in [4.78, 5) is 20.6. The van der Waals surface area contributed by atoms with Gasteiger partial charge in [0.15, 0.2) is 5.82 Å². The number of rotatable bonds is 7. The van der Waals surface area contributed by atoms with E-state index in [-0.39, 0.29) is 11.2 Å². The van der Waals surface area contributed by atoms with Gasteiger partial charge in [-0.3, -0.25) is 4.79 Å². The number of para-hydroxylation sites is 1. The van der Waals surface area contributed by atoms with E-state index in [9.17, 15) is 4.79 Å². The maximum Gasteiger partial charge on any atom is 0.261 e. The number of hydrogen-bond acceptors (Lipinski definition) is 5. The van der Waals surface area contributed by atoms with Crippen LogP contribution >= 0.6 is 11.6 Å². The molecule has 0 atom stereocenters. The van der Waals surface area contributed by atoms with E-state index in [2.05, 4.69) is 32.7 Å². The van der Waals surface area contributed by atoms with Crippen molar-refractivity contribution in [2.75, 3.05) is 17.3 Å². The van der Waals surface area contributed by atoms with Crippen molar-refractivity contribution >= 4 is 29.0 Å². The van der Waals surface area contributed by atoms with Gasteiger partial charge in [-0.1, -0.05) is 24.3 Å². The van der Waals surface area contributed by atoms with Crippen LogP contribution < -0.4 is 16.2 Å². The number of aryl methyl sites for hydroxylation is 2. The van der Waals surface area contributed by atoms with Crippen LogP contribution in [0.5, 0.6) is 0 Å². The summed E-state index contributed by atoms with van der Waals surface area (Å²) in [6.07, 6.45) is 3.96. The molecule has 3 N–H and O–H groups in total. The summed E-state index contributed by atoms with van der Waals surface area (Å²) in [6, 6.07) is 5.83. The number of carbonyl (C=O) groups excluding carboxylic acids is 1. The number of carbonyl (C=O) groups is 1. The zero-order valence-electron chi connectivity index (χ0n) is 13.7. The average Bonchev–Trinajstić information content (AvgIpc) is 2.55. The highest BCUT2D eigenvalue weighted by Gasteiger charge is 2.16. The Labute approximate surface area is 146 Å². The summed E-state index contributed by atoms with van der Waals surface area (Å²) < 4.78 is 0. The van der Waals surface area contributed by atoms with Crippen molar-refractivity contribution in [3.05, 3.63) is 59.0 Å². The summed E-state index contributed by atoms with van der Waals surface area (Å²) in [6.45, 7) is 8.17. The molecule has 0 aliphatic rings. The minimum absolute atomic E-state index is 0.0617. The van der Waals surface area contributed by atoms with Crippen molar-refractivity contribution in [3.63, 3.8) is 0 Å². The third-order valence-electron chi connectivity index (χ3n) is 3.40. The van der Waals surface area contributed by atoms with Crippen molar-refractivity contribution in [3.8, 4) is 0 Å². The zero-order chi connectivity index (χ0) is 17.5. The Morgan fingerprint density at radius 1 is 1.33 bits per heavy atom. The van der Waals surface area contributed by atoms with E-state index in [1.165, 1.54) is 6.20 Å². The van der Waals surface area contributed by atoms with Gasteiger partial charge in [0.2, 0.25) is 5.28 Å². The average molecular weight is 346 g/mol. The topological polar surface area (TPSA) is 78.9 Å². The largest absolute Gasteiger partial charge is 0.321 e. The van der Waals surface area contributed by atoms with Crippen LogP contribution in [-0.4, -0.2) is 22.4 Å². The molecule has 0 saturated heterocycles. The molecule has 126 valence electrons. The van der Waals surface area contributed by atoms with E-state index in [0.717, 1.165) is 23.2 Å². The lowest BCUT2D eigenvalue weighted by molar-refractivity contribution is 0.102. The Kier molecular flexibility index (Phi) is 6.28. The van der Waals surface area contributed by atoms with Crippen LogP contribution in [0, 0.1) is 13.8 Å². The predicted octanol–water partition coefficient (Wildman–Crippen LogP) is 3.49. The third kappa shape index (κ3) is 4.53. The molecule has 7 heteroatoms. The number of nitrogens with zero attached hydrogens (tertiary/aromatic N) is 2. The highest BCUT2D eigenvalue weighted by molar-refractivity contribution is 6.28. The molecule has 6 nitrogen and oxygen atoms in total. The lowest BCUT2D eigenvalue weighted by atomic mass is 10.1. The molecule has 2 rings (SSSR count). The van der Waals surface area contributed by atoms with Gasteiger partial charge in [0.1, 0.15) is 5.56 Å². The molecule has 0 radical (unpaired) electrons. The fourth-order valence-corrected chi connectivity index (χ4v) is 2.27. The van der Waals surface area contributed by atoms with Crippen LogP contribution in [0.4, 0.5) is 11.5 Å². The molecule has 0 aliphatic heterocycles. The van der Waals surface area contributed by atoms with Gasteiger partial charge < -0.3 is 10.7 Å². The molecule has 0 aliphatic carbocycles. The second kappa shape index (κ2) is 8.42. The van der Waals surface area contributed by atoms with Crippen molar-refractivity contribution in [2.45, 2.75) is 20.3 Å². The van der Waals surface area contributed by atoms with Crippen molar-refractivity contribution in [1.82, 2.24) is 15.4 Å². The molecule has 0 fully saturated rings. The van der Waals surface area contributed by atoms with Crippen LogP contribution in [0.3, 0.4) is 0 Å². The standard InChI is InChI=1S/C17H20ClN5O/c1-4-5-9-20-23-15-13(10-19-17(18)22-15)16(24)21-14-11(2)7-6-8-12(14)3/h4,6-8,10,20H,1,5,9H2,2-3H3,(H,21,24)(H,19,22,23). The second-order valence-electron chi connectivity index (χ2n) is 5.25. The minimum atomic E-state index is -0.308. The summed E-state index contributed by atoms with van der Waals surface area (Å²) in [5, 5.41) is 2.97. The van der Waals surface area contributed by atoms with Crippen LogP contribution in [0.15, 0.2) is 37.1 Å². The van der Waals surface area contributed by atoms with Gasteiger partial charge in [-0.05, 0) is 43.0 Å². The van der Waals surface area contributed by atoms with Crippen LogP contribution in [-0.2, 0) is 0 Å². The number of anilines is 2. The Hall–Kier alpha value is -2.44. The Balaban J connectivity index is 2.20. The second-order valence-corrected chi connectivity index (χ2v) is 5.59. The highest BCUT2D eigenvalue weighted by atomic mass is 35.5. The number of hydrogen-bond donors (Lipinski definition) is 3. The molecule has 1 aromatic carbocycles. The summed E-state index contributed by atoms with van der Waals surface area (Å²) in [5.41, 5.74) is 8.90. The van der Waals surface area contributed by atoms with Gasteiger partial charge in [-0.15, -0.1) is 6.58 Å². The number of aromatic nitrogens is 2. The van der Waals surface area contributed by atoms with Crippen molar-refractivity contribution in [2.24, 2.45) is 0 Å². The molecule has 0 spiro atoms. The zero-order valence-corrected chi connectivity index (χ0v) is 14.4. The number of nitrogens with one attached hydrogen (secondary N) is 3. The van der Waals surface area contributed by atoms with Gasteiger partial charge in [0.05, 0.1) is 0 Å². The van der Waals surface area contributed by atoms with Crippen molar-refractivity contribution in [1.29, 1.82) is 0 Å². The molecule has 1 heterocycles. The van der Waals surface area contributed by atoms with E-state index in [0.29, 0.717) is 17.9 Å². The van der Waals surface area contributed by atoms with Gasteiger partial charge in [0, 0.05) is 18.4 Å². The van der Waals surface area contributed by atoms with Crippen LogP contribution in [0.25, 0.3) is 0 Å². The molecule has 0 saturated carbocycles. The lowest BCUT2D eigenvalue weighted by Gasteiger charge is -2.14. The SMILES string of the molecule is C=CCCNNc1nc(Cl)ncc1C(=O)Nc1c(C)cccc1C. The maximum absolute atomic E-state index is 12.6. The molecular formula is C17H20ClN5O. The van der Waals surface area contributed by atoms with Gasteiger partial charge >= 0.3 is 0 Å². The predicted molar refractivity (Wildman–Crippen MR) is 97.4 cm³/mol. The molecule has 0 bridgehead atoms. The van der Waals surface area contributed by atoms with Crippen LogP contribution in [0.2, 0.25) is 5.28 Å². The number of halogens is 1. The van der Waals surface area contributed by atoms with Gasteiger partial charge in [-0.2, -0.15) is 4.98 Å². The van der Waals surface area contributed by atoms with E-state index in [4.69, 9.17) is 11.6 Å². The number of amides is 1. The Morgan fingerprint density at radius 2 is 2.04 bits per heavy atom. The minimum Gasteiger partial charge on any atom is -0.321 e. The summed E-state index contributed by atoms with van der Waals surface area (Å²) in [5.74, 6) is 0.0138. The smallest absolute Gasteiger partial charge is 0.261 e. The molecule has 1 aromatic heterocycles. The highest BCUT2D eigenvalue weighted by Crippen LogP contribution is 2.22. The molecule has 24 heavy (non-hydrogen) atoms. The third-order valence-corrected chi connectivity index (χ3v) is 3.59. The molecule has 0 unspecified atom stereocenters. The van der Waals surface area contributed by atoms with Gasteiger partial charge in [-0.25, -0.2) is 10.4 Å². The van der Waals surface area contributed by atoms with E-state index < -0.39 is 0 Å². The molecular weight excluding hydrogens is 326 g/mol. The Morgan fingerprint density at radius 3 is 2.71 bits per heavy atom. The first-order valence-electron chi connectivity index (χ1n) is 7.52. The monoisotopic (exact) mass is 345 g/mol. The summed E-state index contributed by atoms with van der Waals surface area (Å²) in [7, 11) is 0. The first-order chi connectivity index (χ1) is 11.5. The first kappa shape index (κ1) is 17.9. The number of hydrazine groups is 1. The van der Waals surface area contributed by atoms with Crippen LogP contribution in [0.1, 0.15) is 27.9 Å². The quantitative estimate of drug-likeness (QED) is 0.310. The van der Waals surface area contributed by atoms with E-state index in [1.807, 2.05) is 32.0 Å². The van der Waals surface area contributed by atoms with E-state index >= 15 is 0 Å². The molecule has 2 aromatic rings. The Bertz CT molecular complexity index is 728. The van der Waals surface area contributed by atoms with E-state index in [1.54, 1.807) is 6.08 Å². The number of benzene rings is 1. The molecule has 1 amide bonds. The maximum atomic E-state index is 12.6. The van der Waals surface area contributed by atoms with Gasteiger partial charge in [0.25, 0.3) is 5.91 Å².